The van der Waals surface area contributed by atoms with E-state index in [0.29, 0.717) is 30.6 Å². The lowest BCUT2D eigenvalue weighted by Gasteiger charge is -2.29. The zero-order chi connectivity index (χ0) is 17.4. The Bertz CT molecular complexity index is 708. The minimum Gasteiger partial charge on any atom is -0.444 e. The largest absolute Gasteiger partial charge is 0.444 e. The molecule has 2 saturated carbocycles. The van der Waals surface area contributed by atoms with Crippen LogP contribution in [0.2, 0.25) is 5.02 Å². The zero-order valence-corrected chi connectivity index (χ0v) is 14.8. The second-order valence-electron chi connectivity index (χ2n) is 7.58. The van der Waals surface area contributed by atoms with Gasteiger partial charge in [-0.2, -0.15) is 5.10 Å². The van der Waals surface area contributed by atoms with Crippen molar-refractivity contribution in [2.45, 2.75) is 57.1 Å². The van der Waals surface area contributed by atoms with Gasteiger partial charge < -0.3 is 15.0 Å². The second kappa shape index (κ2) is 6.52. The van der Waals surface area contributed by atoms with Crippen LogP contribution in [0.3, 0.4) is 0 Å². The Kier molecular flexibility index (Phi) is 4.35. The minimum atomic E-state index is -0.410. The summed E-state index contributed by atoms with van der Waals surface area (Å²) in [7, 11) is 0. The van der Waals surface area contributed by atoms with Crippen LogP contribution >= 0.6 is 11.6 Å². The number of H-pyrrole nitrogens is 1. The highest BCUT2D eigenvalue weighted by atomic mass is 35.5. The number of aromatic amines is 1. The quantitative estimate of drug-likeness (QED) is 0.858. The van der Waals surface area contributed by atoms with Crippen LogP contribution in [0, 0.1) is 5.41 Å². The van der Waals surface area contributed by atoms with Crippen molar-refractivity contribution in [2.24, 2.45) is 5.41 Å². The third kappa shape index (κ3) is 3.61. The maximum Gasteiger partial charge on any atom is 0.407 e. The summed E-state index contributed by atoms with van der Waals surface area (Å²) in [6.07, 6.45) is 9.00. The van der Waals surface area contributed by atoms with E-state index in [1.165, 1.54) is 31.9 Å². The van der Waals surface area contributed by atoms with Gasteiger partial charge in [-0.1, -0.05) is 11.6 Å². The number of hydrogen-bond donors (Lipinski definition) is 2. The van der Waals surface area contributed by atoms with Gasteiger partial charge in [-0.05, 0) is 43.9 Å². The van der Waals surface area contributed by atoms with Crippen LogP contribution in [0.25, 0.3) is 0 Å². The third-order valence-electron chi connectivity index (χ3n) is 5.86. The molecule has 0 radical (unpaired) electrons. The molecule has 7 nitrogen and oxygen atoms in total. The summed E-state index contributed by atoms with van der Waals surface area (Å²) < 4.78 is 5.56. The van der Waals surface area contributed by atoms with Crippen LogP contribution < -0.4 is 15.8 Å². The van der Waals surface area contributed by atoms with Gasteiger partial charge in [0.25, 0.3) is 5.56 Å². The zero-order valence-electron chi connectivity index (χ0n) is 14.1. The highest BCUT2D eigenvalue weighted by Gasteiger charge is 2.45. The molecule has 1 atom stereocenters. The molecule has 3 fully saturated rings. The van der Waals surface area contributed by atoms with Crippen molar-refractivity contribution in [1.82, 2.24) is 15.5 Å². The number of carbonyl (C=O) groups excluding carboxylic acids is 1. The maximum atomic E-state index is 12.2. The lowest BCUT2D eigenvalue weighted by molar-refractivity contribution is 0.101. The molecule has 25 heavy (non-hydrogen) atoms. The Labute approximate surface area is 151 Å². The van der Waals surface area contributed by atoms with Crippen LogP contribution in [0.4, 0.5) is 10.5 Å². The molecule has 0 bridgehead atoms. The highest BCUT2D eigenvalue weighted by Crippen LogP contribution is 2.56. The molecule has 1 spiro atoms. The first-order valence-corrected chi connectivity index (χ1v) is 9.38. The Morgan fingerprint density at radius 3 is 2.80 bits per heavy atom. The van der Waals surface area contributed by atoms with Gasteiger partial charge in [-0.25, -0.2) is 9.89 Å². The first-order valence-electron chi connectivity index (χ1n) is 9.00. The molecule has 2 N–H and O–H groups in total. The number of aromatic nitrogens is 2. The summed E-state index contributed by atoms with van der Waals surface area (Å²) in [6, 6.07) is 0.238. The van der Waals surface area contributed by atoms with Crippen LogP contribution in [-0.4, -0.2) is 41.5 Å². The average Bonchev–Trinajstić information content (AvgIpc) is 3.20. The molecule has 1 unspecified atom stereocenters. The number of nitrogens with zero attached hydrogens (tertiary/aromatic N) is 2. The smallest absolute Gasteiger partial charge is 0.407 e. The average molecular weight is 367 g/mol. The van der Waals surface area contributed by atoms with Gasteiger partial charge >= 0.3 is 6.09 Å². The van der Waals surface area contributed by atoms with Crippen LogP contribution in [-0.2, 0) is 4.74 Å². The Balaban J connectivity index is 1.27. The van der Waals surface area contributed by atoms with Crippen molar-refractivity contribution < 1.29 is 9.53 Å². The molecule has 4 rings (SSSR count). The lowest BCUT2D eigenvalue weighted by Crippen LogP contribution is -2.40. The van der Waals surface area contributed by atoms with Crippen molar-refractivity contribution in [3.05, 3.63) is 21.6 Å². The van der Waals surface area contributed by atoms with Crippen molar-refractivity contribution in [3.8, 4) is 0 Å². The van der Waals surface area contributed by atoms with Gasteiger partial charge in [0.2, 0.25) is 0 Å². The molecule has 1 aliphatic heterocycles. The predicted molar refractivity (Wildman–Crippen MR) is 94.0 cm³/mol. The number of nitrogens with one attached hydrogen (secondary N) is 2. The molecular weight excluding hydrogens is 344 g/mol. The summed E-state index contributed by atoms with van der Waals surface area (Å²) in [5, 5.41) is 9.22. The molecule has 1 amide bonds. The molecule has 136 valence electrons. The molecule has 2 heterocycles. The Hall–Kier alpha value is -1.76. The normalized spacial score (nSPS) is 25.2. The fraction of sp³-hybridized carbons (Fsp3) is 0.706. The van der Waals surface area contributed by atoms with Crippen LogP contribution in [0.1, 0.15) is 44.9 Å². The van der Waals surface area contributed by atoms with E-state index in [1.807, 2.05) is 4.90 Å². The van der Waals surface area contributed by atoms with E-state index >= 15 is 0 Å². The topological polar surface area (TPSA) is 87.3 Å². The number of amides is 1. The summed E-state index contributed by atoms with van der Waals surface area (Å²) in [5.41, 5.74) is 0.792. The van der Waals surface area contributed by atoms with Gasteiger partial charge in [0.05, 0.1) is 18.4 Å². The van der Waals surface area contributed by atoms with Crippen molar-refractivity contribution in [1.29, 1.82) is 0 Å². The van der Waals surface area contributed by atoms with Crippen molar-refractivity contribution in [3.63, 3.8) is 0 Å². The Morgan fingerprint density at radius 2 is 2.08 bits per heavy atom. The highest BCUT2D eigenvalue weighted by molar-refractivity contribution is 6.33. The van der Waals surface area contributed by atoms with E-state index in [2.05, 4.69) is 15.5 Å². The van der Waals surface area contributed by atoms with Gasteiger partial charge in [0.1, 0.15) is 11.1 Å². The molecule has 2 aliphatic carbocycles. The van der Waals surface area contributed by atoms with Gasteiger partial charge in [-0.15, -0.1) is 0 Å². The number of carbonyl (C=O) groups is 1. The number of anilines is 1. The molecule has 1 saturated heterocycles. The second-order valence-corrected chi connectivity index (χ2v) is 7.96. The van der Waals surface area contributed by atoms with E-state index in [9.17, 15) is 9.59 Å². The van der Waals surface area contributed by atoms with E-state index in [4.69, 9.17) is 16.3 Å². The number of halogens is 1. The SMILES string of the molecule is O=C(NC1CCC2(CC1)CC2)OC1CCN(c2cn[nH]c(=O)c2Cl)C1. The molecular formula is C17H23ClN4O3. The van der Waals surface area contributed by atoms with Gasteiger partial charge in [-0.3, -0.25) is 4.79 Å². The third-order valence-corrected chi connectivity index (χ3v) is 6.23. The van der Waals surface area contributed by atoms with E-state index < -0.39 is 5.56 Å². The minimum absolute atomic E-state index is 0.122. The summed E-state index contributed by atoms with van der Waals surface area (Å²) in [4.78, 5) is 25.6. The number of rotatable bonds is 3. The first-order chi connectivity index (χ1) is 12.0. The number of alkyl carbamates (subject to hydrolysis) is 1. The molecule has 0 aromatic carbocycles. The predicted octanol–water partition coefficient (Wildman–Crippen LogP) is 2.45. The first kappa shape index (κ1) is 16.7. The van der Waals surface area contributed by atoms with Gasteiger partial charge in [0.15, 0.2) is 0 Å². The summed E-state index contributed by atoms with van der Waals surface area (Å²) in [5.74, 6) is 0. The summed E-state index contributed by atoms with van der Waals surface area (Å²) in [6.45, 7) is 1.20. The lowest BCUT2D eigenvalue weighted by atomic mass is 9.83. The Morgan fingerprint density at radius 1 is 1.32 bits per heavy atom. The van der Waals surface area contributed by atoms with Gasteiger partial charge in [0, 0.05) is 19.0 Å². The fourth-order valence-electron chi connectivity index (χ4n) is 4.04. The fourth-order valence-corrected chi connectivity index (χ4v) is 4.25. The van der Waals surface area contributed by atoms with E-state index in [-0.39, 0.29) is 23.3 Å². The monoisotopic (exact) mass is 366 g/mol. The van der Waals surface area contributed by atoms with Crippen molar-refractivity contribution in [2.75, 3.05) is 18.0 Å². The summed E-state index contributed by atoms with van der Waals surface area (Å²) >= 11 is 6.04. The van der Waals surface area contributed by atoms with E-state index in [1.54, 1.807) is 0 Å². The maximum absolute atomic E-state index is 12.2. The van der Waals surface area contributed by atoms with Crippen LogP contribution in [0.15, 0.2) is 11.0 Å². The molecule has 8 heteroatoms. The number of hydrogen-bond acceptors (Lipinski definition) is 5. The van der Waals surface area contributed by atoms with Crippen LogP contribution in [0.5, 0.6) is 0 Å². The molecule has 1 aromatic rings. The molecule has 3 aliphatic rings. The van der Waals surface area contributed by atoms with Crippen molar-refractivity contribution >= 4 is 23.4 Å². The molecule has 1 aromatic heterocycles. The standard InChI is InChI=1S/C17H23ClN4O3/c18-14-13(9-19-21-15(14)23)22-8-3-12(10-22)25-16(24)20-11-1-4-17(5-2-11)6-7-17/h9,11-12H,1-8,10H2,(H,20,24)(H,21,23). The van der Waals surface area contributed by atoms with E-state index in [0.717, 1.165) is 12.8 Å². The number of ether oxygens (including phenoxy) is 1.